The standard InChI is InChI=1S/C17H15N3/c1-19-15-7-11-3-2-4-12(11)8-16(15)20-14-5-6-18-10-13(14)9-17(19)20/h3-8,10,17H,2,9H2,1H3. The molecule has 0 amide bonds. The summed E-state index contributed by atoms with van der Waals surface area (Å²) in [7, 11) is 2.20. The normalized spacial score (nSPS) is 20.9. The number of hydrogen-bond donors (Lipinski definition) is 0. The van der Waals surface area contributed by atoms with Crippen molar-refractivity contribution >= 4 is 29.2 Å². The Balaban J connectivity index is 1.81. The maximum atomic E-state index is 4.27. The molecule has 0 saturated heterocycles. The zero-order chi connectivity index (χ0) is 13.3. The molecule has 0 N–H and O–H groups in total. The van der Waals surface area contributed by atoms with Gasteiger partial charge in [0.25, 0.3) is 0 Å². The summed E-state index contributed by atoms with van der Waals surface area (Å²) < 4.78 is 0. The van der Waals surface area contributed by atoms with Gasteiger partial charge in [-0.15, -0.1) is 0 Å². The van der Waals surface area contributed by atoms with Gasteiger partial charge in [-0.3, -0.25) is 4.98 Å². The molecule has 98 valence electrons. The number of likely N-dealkylation sites (N-methyl/N-ethyl adjacent to an activating group) is 1. The Hall–Kier alpha value is -2.29. The minimum Gasteiger partial charge on any atom is -0.352 e. The zero-order valence-electron chi connectivity index (χ0n) is 11.4. The molecule has 3 heteroatoms. The Morgan fingerprint density at radius 3 is 2.75 bits per heavy atom. The molecule has 2 aromatic rings. The number of pyridine rings is 1. The molecule has 0 radical (unpaired) electrons. The smallest absolute Gasteiger partial charge is 0.110 e. The van der Waals surface area contributed by atoms with Crippen LogP contribution >= 0.6 is 0 Å². The van der Waals surface area contributed by atoms with E-state index in [9.17, 15) is 0 Å². The van der Waals surface area contributed by atoms with Crippen LogP contribution in [0.5, 0.6) is 0 Å². The average molecular weight is 261 g/mol. The van der Waals surface area contributed by atoms with E-state index in [4.69, 9.17) is 0 Å². The average Bonchev–Trinajstić information content (AvgIpc) is 3.13. The third-order valence-electron chi connectivity index (χ3n) is 4.78. The van der Waals surface area contributed by atoms with Crippen molar-refractivity contribution in [3.63, 3.8) is 0 Å². The van der Waals surface area contributed by atoms with Crippen LogP contribution in [0, 0.1) is 0 Å². The first-order valence-electron chi connectivity index (χ1n) is 7.12. The third-order valence-corrected chi connectivity index (χ3v) is 4.78. The van der Waals surface area contributed by atoms with Gasteiger partial charge in [-0.05, 0) is 40.6 Å². The molecule has 0 fully saturated rings. The van der Waals surface area contributed by atoms with Crippen LogP contribution in [0.1, 0.15) is 12.0 Å². The van der Waals surface area contributed by atoms with Crippen LogP contribution in [-0.2, 0) is 6.42 Å². The minimum absolute atomic E-state index is 0.409. The lowest BCUT2D eigenvalue weighted by molar-refractivity contribution is 0.703. The lowest BCUT2D eigenvalue weighted by atomic mass is 10.1. The van der Waals surface area contributed by atoms with E-state index in [0.717, 1.165) is 12.8 Å². The van der Waals surface area contributed by atoms with E-state index in [2.05, 4.69) is 52.2 Å². The quantitative estimate of drug-likeness (QED) is 0.717. The number of rotatable bonds is 0. The summed E-state index contributed by atoms with van der Waals surface area (Å²) in [6.07, 6.45) is 11.0. The van der Waals surface area contributed by atoms with E-state index in [1.165, 1.54) is 33.1 Å². The summed E-state index contributed by atoms with van der Waals surface area (Å²) in [4.78, 5) is 9.14. The molecule has 1 aliphatic carbocycles. The molecule has 1 atom stereocenters. The van der Waals surface area contributed by atoms with Gasteiger partial charge >= 0.3 is 0 Å². The maximum absolute atomic E-state index is 4.27. The lowest BCUT2D eigenvalue weighted by Gasteiger charge is -2.23. The number of fused-ring (bicyclic) bond motifs is 6. The van der Waals surface area contributed by atoms with Crippen molar-refractivity contribution in [1.29, 1.82) is 0 Å². The van der Waals surface area contributed by atoms with Gasteiger partial charge in [0.2, 0.25) is 0 Å². The molecule has 1 unspecified atom stereocenters. The van der Waals surface area contributed by atoms with E-state index in [0.29, 0.717) is 6.17 Å². The Morgan fingerprint density at radius 1 is 1.10 bits per heavy atom. The van der Waals surface area contributed by atoms with Crippen molar-refractivity contribution in [2.24, 2.45) is 0 Å². The molecule has 5 rings (SSSR count). The van der Waals surface area contributed by atoms with Crippen molar-refractivity contribution in [3.05, 3.63) is 46.6 Å². The van der Waals surface area contributed by atoms with Crippen LogP contribution in [0.15, 0.2) is 30.6 Å². The molecule has 1 aromatic heterocycles. The first-order valence-corrected chi connectivity index (χ1v) is 7.12. The molecular weight excluding hydrogens is 246 g/mol. The maximum Gasteiger partial charge on any atom is 0.110 e. The van der Waals surface area contributed by atoms with Gasteiger partial charge in [-0.2, -0.15) is 0 Å². The summed E-state index contributed by atoms with van der Waals surface area (Å²) in [5.41, 5.74) is 5.36. The van der Waals surface area contributed by atoms with E-state index >= 15 is 0 Å². The third kappa shape index (κ3) is 1.14. The second-order valence-electron chi connectivity index (χ2n) is 5.78. The first kappa shape index (κ1) is 10.5. The number of hydrogen-bond acceptors (Lipinski definition) is 3. The summed E-state index contributed by atoms with van der Waals surface area (Å²) in [5, 5.41) is 2.76. The minimum atomic E-state index is 0.409. The number of nitrogens with zero attached hydrogens (tertiary/aromatic N) is 3. The van der Waals surface area contributed by atoms with Crippen LogP contribution in [0.3, 0.4) is 0 Å². The Labute approximate surface area is 117 Å². The van der Waals surface area contributed by atoms with Crippen LogP contribution in [0.4, 0.5) is 17.1 Å². The van der Waals surface area contributed by atoms with E-state index < -0.39 is 0 Å². The van der Waals surface area contributed by atoms with E-state index in [1.807, 2.05) is 12.4 Å². The predicted molar refractivity (Wildman–Crippen MR) is 81.5 cm³/mol. The molecule has 3 nitrogen and oxygen atoms in total. The van der Waals surface area contributed by atoms with Crippen LogP contribution in [-0.4, -0.2) is 18.2 Å². The Bertz CT molecular complexity index is 853. The molecule has 1 aromatic carbocycles. The highest BCUT2D eigenvalue weighted by Gasteiger charge is 2.40. The molecular formula is C17H15N3. The number of anilines is 3. The largest absolute Gasteiger partial charge is 0.352 e. The Kier molecular flexibility index (Phi) is 1.80. The SMILES string of the molecule is CN1c2cc3c(cc2N2c4ccncc4CC12)=CCC=3. The van der Waals surface area contributed by atoms with Crippen molar-refractivity contribution in [3.8, 4) is 0 Å². The topological polar surface area (TPSA) is 19.4 Å². The van der Waals surface area contributed by atoms with Crippen LogP contribution < -0.4 is 20.2 Å². The van der Waals surface area contributed by atoms with Crippen molar-refractivity contribution in [2.75, 3.05) is 16.8 Å². The van der Waals surface area contributed by atoms with Gasteiger partial charge in [0.05, 0.1) is 11.4 Å². The molecule has 0 spiro atoms. The van der Waals surface area contributed by atoms with Crippen molar-refractivity contribution < 1.29 is 0 Å². The molecule has 0 saturated carbocycles. The van der Waals surface area contributed by atoms with Crippen molar-refractivity contribution in [2.45, 2.75) is 19.0 Å². The molecule has 20 heavy (non-hydrogen) atoms. The highest BCUT2D eigenvalue weighted by Crippen LogP contribution is 2.48. The van der Waals surface area contributed by atoms with Crippen molar-refractivity contribution in [1.82, 2.24) is 4.98 Å². The molecule has 0 bridgehead atoms. The van der Waals surface area contributed by atoms with Gasteiger partial charge in [0, 0.05) is 31.5 Å². The second kappa shape index (κ2) is 3.42. The molecule has 3 heterocycles. The molecule has 2 aliphatic heterocycles. The number of benzene rings is 1. The fraction of sp³-hybridized carbons (Fsp3) is 0.235. The summed E-state index contributed by atoms with van der Waals surface area (Å²) >= 11 is 0. The second-order valence-corrected chi connectivity index (χ2v) is 5.78. The summed E-state index contributed by atoms with van der Waals surface area (Å²) in [5.74, 6) is 0. The van der Waals surface area contributed by atoms with E-state index in [1.54, 1.807) is 0 Å². The molecule has 3 aliphatic rings. The first-order chi connectivity index (χ1) is 9.83. The fourth-order valence-corrected chi connectivity index (χ4v) is 3.77. The lowest BCUT2D eigenvalue weighted by Crippen LogP contribution is -2.36. The van der Waals surface area contributed by atoms with Gasteiger partial charge in [0.1, 0.15) is 6.17 Å². The van der Waals surface area contributed by atoms with Gasteiger partial charge < -0.3 is 9.80 Å². The van der Waals surface area contributed by atoms with Crippen LogP contribution in [0.2, 0.25) is 0 Å². The van der Waals surface area contributed by atoms with Gasteiger partial charge in [-0.25, -0.2) is 0 Å². The Morgan fingerprint density at radius 2 is 1.90 bits per heavy atom. The summed E-state index contributed by atoms with van der Waals surface area (Å²) in [6, 6.07) is 6.83. The predicted octanol–water partition coefficient (Wildman–Crippen LogP) is 1.52. The zero-order valence-corrected chi connectivity index (χ0v) is 11.4. The number of aromatic nitrogens is 1. The van der Waals surface area contributed by atoms with E-state index in [-0.39, 0.29) is 0 Å². The highest BCUT2D eigenvalue weighted by atomic mass is 15.4. The highest BCUT2D eigenvalue weighted by molar-refractivity contribution is 5.87. The van der Waals surface area contributed by atoms with Gasteiger partial charge in [0.15, 0.2) is 0 Å². The monoisotopic (exact) mass is 261 g/mol. The summed E-state index contributed by atoms with van der Waals surface area (Å²) in [6.45, 7) is 0. The van der Waals surface area contributed by atoms with Gasteiger partial charge in [-0.1, -0.05) is 12.2 Å². The fourth-order valence-electron chi connectivity index (χ4n) is 3.77. The van der Waals surface area contributed by atoms with Crippen LogP contribution in [0.25, 0.3) is 12.2 Å².